The van der Waals surface area contributed by atoms with Gasteiger partial charge in [-0.3, -0.25) is 5.21 Å². The number of aromatic nitrogens is 1. The van der Waals surface area contributed by atoms with Crippen molar-refractivity contribution in [1.29, 1.82) is 0 Å². The van der Waals surface area contributed by atoms with Gasteiger partial charge in [-0.25, -0.2) is 9.24 Å². The van der Waals surface area contributed by atoms with Crippen LogP contribution in [0.4, 0.5) is 14.5 Å². The number of benzene rings is 1. The second-order valence-corrected chi connectivity index (χ2v) is 9.89. The van der Waals surface area contributed by atoms with Crippen LogP contribution in [0.3, 0.4) is 0 Å². The Balaban J connectivity index is 1.46. The first-order valence-electron chi connectivity index (χ1n) is 11.1. The van der Waals surface area contributed by atoms with Gasteiger partial charge in [0.2, 0.25) is 11.9 Å². The van der Waals surface area contributed by atoms with E-state index in [0.29, 0.717) is 40.5 Å². The fourth-order valence-corrected chi connectivity index (χ4v) is 7.05. The average molecular weight is 425 g/mol. The van der Waals surface area contributed by atoms with Crippen molar-refractivity contribution in [3.05, 3.63) is 70.3 Å². The van der Waals surface area contributed by atoms with Crippen molar-refractivity contribution in [2.75, 3.05) is 0 Å². The third-order valence-corrected chi connectivity index (χ3v) is 8.73. The lowest BCUT2D eigenvalue weighted by Gasteiger charge is -2.53. The first kappa shape index (κ1) is 20.4. The van der Waals surface area contributed by atoms with Gasteiger partial charge in [0.25, 0.3) is 6.20 Å². The molecule has 0 saturated heterocycles. The van der Waals surface area contributed by atoms with E-state index in [0.717, 1.165) is 37.4 Å². The van der Waals surface area contributed by atoms with Crippen molar-refractivity contribution >= 4 is 5.69 Å². The smallest absolute Gasteiger partial charge is 0.258 e. The lowest BCUT2D eigenvalue weighted by atomic mass is 9.52. The molecule has 4 nitrogen and oxygen atoms in total. The van der Waals surface area contributed by atoms with Crippen molar-refractivity contribution in [3.8, 4) is 0 Å². The van der Waals surface area contributed by atoms with Gasteiger partial charge in [-0.05, 0) is 72.8 Å². The molecule has 2 saturated carbocycles. The Bertz CT molecular complexity index is 1100. The van der Waals surface area contributed by atoms with Crippen LogP contribution >= 0.6 is 0 Å². The summed E-state index contributed by atoms with van der Waals surface area (Å²) in [5.74, 6) is 0.0289. The van der Waals surface area contributed by atoms with Gasteiger partial charge in [0.1, 0.15) is 5.82 Å². The zero-order chi connectivity index (χ0) is 22.0. The molecule has 3 aliphatic rings. The van der Waals surface area contributed by atoms with Gasteiger partial charge in [0.15, 0.2) is 5.82 Å². The molecule has 0 bridgehead atoms. The SMILES string of the molecule is [C-]#[N+]c1ccc2c(c1F)CCC1C2CC[C@@]2(C)C1CC[C@@]2(O)Cc1cc[n+](O)cc1F. The quantitative estimate of drug-likeness (QED) is 0.410. The molecule has 6 heteroatoms. The number of pyridine rings is 1. The first-order valence-corrected chi connectivity index (χ1v) is 11.1. The highest BCUT2D eigenvalue weighted by Gasteiger charge is 2.61. The highest BCUT2D eigenvalue weighted by molar-refractivity contribution is 5.53. The van der Waals surface area contributed by atoms with Gasteiger partial charge in [-0.2, -0.15) is 4.39 Å². The molecule has 0 amide bonds. The van der Waals surface area contributed by atoms with Crippen LogP contribution in [0.15, 0.2) is 30.6 Å². The molecule has 5 atom stereocenters. The molecule has 3 unspecified atom stereocenters. The van der Waals surface area contributed by atoms with Crippen molar-refractivity contribution in [3.63, 3.8) is 0 Å². The van der Waals surface area contributed by atoms with Crippen LogP contribution < -0.4 is 4.73 Å². The van der Waals surface area contributed by atoms with Gasteiger partial charge in [0.05, 0.1) is 12.2 Å². The van der Waals surface area contributed by atoms with Crippen LogP contribution in [-0.2, 0) is 12.8 Å². The molecule has 2 fully saturated rings. The molecule has 2 N–H and O–H groups in total. The van der Waals surface area contributed by atoms with E-state index < -0.39 is 11.4 Å². The van der Waals surface area contributed by atoms with E-state index in [1.54, 1.807) is 6.07 Å². The molecule has 0 spiro atoms. The zero-order valence-electron chi connectivity index (χ0n) is 17.6. The third kappa shape index (κ3) is 2.90. The maximum atomic E-state index is 14.8. The largest absolute Gasteiger partial charge is 0.389 e. The molecule has 0 aliphatic heterocycles. The van der Waals surface area contributed by atoms with Crippen molar-refractivity contribution < 1.29 is 23.8 Å². The summed E-state index contributed by atoms with van der Waals surface area (Å²) < 4.78 is 29.9. The van der Waals surface area contributed by atoms with Gasteiger partial charge >= 0.3 is 0 Å². The van der Waals surface area contributed by atoms with Crippen LogP contribution in [-0.4, -0.2) is 15.9 Å². The topological polar surface area (TPSA) is 48.7 Å². The number of rotatable bonds is 2. The molecule has 162 valence electrons. The summed E-state index contributed by atoms with van der Waals surface area (Å²) in [5, 5.41) is 21.2. The number of aliphatic hydroxyl groups is 1. The van der Waals surface area contributed by atoms with Crippen LogP contribution in [0.25, 0.3) is 4.85 Å². The number of hydrogen-bond acceptors (Lipinski definition) is 2. The summed E-state index contributed by atoms with van der Waals surface area (Å²) in [4.78, 5) is 3.31. The molecular weight excluding hydrogens is 398 g/mol. The monoisotopic (exact) mass is 425 g/mol. The summed E-state index contributed by atoms with van der Waals surface area (Å²) in [6, 6.07) is 5.08. The summed E-state index contributed by atoms with van der Waals surface area (Å²) in [6.07, 6.45) is 7.27. The summed E-state index contributed by atoms with van der Waals surface area (Å²) in [6.45, 7) is 9.33. The highest BCUT2D eigenvalue weighted by Crippen LogP contribution is 2.65. The Kier molecular flexibility index (Phi) is 4.60. The van der Waals surface area contributed by atoms with Crippen molar-refractivity contribution in [1.82, 2.24) is 0 Å². The van der Waals surface area contributed by atoms with Crippen LogP contribution in [0.2, 0.25) is 0 Å². The molecule has 31 heavy (non-hydrogen) atoms. The Labute approximate surface area is 180 Å². The average Bonchev–Trinajstić information content (AvgIpc) is 3.01. The van der Waals surface area contributed by atoms with E-state index in [2.05, 4.69) is 11.8 Å². The Morgan fingerprint density at radius 2 is 2.00 bits per heavy atom. The molecule has 3 aliphatic carbocycles. The maximum absolute atomic E-state index is 14.8. The van der Waals surface area contributed by atoms with Gasteiger partial charge in [0, 0.05) is 22.8 Å². The van der Waals surface area contributed by atoms with Crippen molar-refractivity contribution in [2.45, 2.75) is 63.4 Å². The Hall–Kier alpha value is -2.52. The summed E-state index contributed by atoms with van der Waals surface area (Å²) in [5.41, 5.74) is 0.917. The second kappa shape index (κ2) is 7.00. The molecule has 0 radical (unpaired) electrons. The number of halogens is 2. The fourth-order valence-electron chi connectivity index (χ4n) is 7.05. The van der Waals surface area contributed by atoms with E-state index in [1.165, 1.54) is 12.3 Å². The highest BCUT2D eigenvalue weighted by atomic mass is 19.1. The molecule has 1 aromatic carbocycles. The van der Waals surface area contributed by atoms with E-state index >= 15 is 0 Å². The standard InChI is InChI=1S/C25H27F2N2O2/c1-24-10-7-17-16-5-6-22(28-2)23(27)19(16)4-3-18(17)20(24)8-11-25(24,30)13-15-9-12-29(31)14-21(15)26/h5-6,9,12,14,17-18,20,30-31H,3-4,7-8,10-11,13H2,1H3/q+1/t17?,18?,20?,24-,25+/m0/s1. The van der Waals surface area contributed by atoms with E-state index in [-0.39, 0.29) is 29.3 Å². The van der Waals surface area contributed by atoms with Crippen LogP contribution in [0.5, 0.6) is 0 Å². The molecular formula is C25H27F2N2O2+. The minimum atomic E-state index is -1.01. The second-order valence-electron chi connectivity index (χ2n) is 9.89. The van der Waals surface area contributed by atoms with Crippen LogP contribution in [0, 0.1) is 35.5 Å². The third-order valence-electron chi connectivity index (χ3n) is 8.73. The predicted molar refractivity (Wildman–Crippen MR) is 110 cm³/mol. The lowest BCUT2D eigenvalue weighted by molar-refractivity contribution is -0.905. The molecule has 1 aromatic heterocycles. The summed E-state index contributed by atoms with van der Waals surface area (Å²) in [7, 11) is 0. The Morgan fingerprint density at radius 3 is 2.74 bits per heavy atom. The molecule has 2 aromatic rings. The Morgan fingerprint density at radius 1 is 1.19 bits per heavy atom. The van der Waals surface area contributed by atoms with Gasteiger partial charge in [-0.1, -0.05) is 19.1 Å². The minimum Gasteiger partial charge on any atom is -0.389 e. The lowest BCUT2D eigenvalue weighted by Crippen LogP contribution is -2.52. The zero-order valence-corrected chi connectivity index (χ0v) is 17.6. The first-order chi connectivity index (χ1) is 14.8. The fraction of sp³-hybridized carbons (Fsp3) is 0.520. The van der Waals surface area contributed by atoms with Crippen LogP contribution in [0.1, 0.15) is 61.6 Å². The summed E-state index contributed by atoms with van der Waals surface area (Å²) >= 11 is 0. The normalized spacial score (nSPS) is 33.8. The van der Waals surface area contributed by atoms with Gasteiger partial charge < -0.3 is 5.11 Å². The number of hydrogen-bond donors (Lipinski definition) is 2. The molecule has 5 rings (SSSR count). The van der Waals surface area contributed by atoms with Gasteiger partial charge in [-0.15, -0.1) is 0 Å². The molecule has 1 heterocycles. The number of nitrogens with zero attached hydrogens (tertiary/aromatic N) is 2. The number of fused-ring (bicyclic) bond motifs is 5. The maximum Gasteiger partial charge on any atom is 0.258 e. The van der Waals surface area contributed by atoms with E-state index in [1.807, 2.05) is 6.07 Å². The predicted octanol–water partition coefficient (Wildman–Crippen LogP) is 4.87. The van der Waals surface area contributed by atoms with Crippen molar-refractivity contribution in [2.24, 2.45) is 17.3 Å². The van der Waals surface area contributed by atoms with E-state index in [9.17, 15) is 19.1 Å². The minimum absolute atomic E-state index is 0.0992. The van der Waals surface area contributed by atoms with E-state index in [4.69, 9.17) is 6.57 Å².